The Bertz CT molecular complexity index is 876. The number of benzene rings is 1. The minimum Gasteiger partial charge on any atom is -0.493 e. The average Bonchev–Trinajstić information content (AvgIpc) is 3.05. The highest BCUT2D eigenvalue weighted by Gasteiger charge is 2.47. The van der Waals surface area contributed by atoms with E-state index in [1.807, 2.05) is 0 Å². The van der Waals surface area contributed by atoms with Gasteiger partial charge in [-0.15, -0.1) is 0 Å². The molecule has 1 saturated heterocycles. The monoisotopic (exact) mass is 459 g/mol. The van der Waals surface area contributed by atoms with Crippen molar-refractivity contribution in [1.29, 1.82) is 0 Å². The maximum absolute atomic E-state index is 12.5. The fraction of sp³-hybridized carbons (Fsp3) is 0.583. The molecule has 2 aliphatic rings. The molecule has 33 heavy (non-hydrogen) atoms. The molecule has 1 aromatic rings. The summed E-state index contributed by atoms with van der Waals surface area (Å²) in [5.41, 5.74) is 4.98. The number of amides is 4. The number of nitrogens with one attached hydrogen (secondary N) is 2. The lowest BCUT2D eigenvalue weighted by Gasteiger charge is -2.19. The number of carbonyl (C=O) groups is 4. The van der Waals surface area contributed by atoms with Crippen LogP contribution >= 0.6 is 0 Å². The summed E-state index contributed by atoms with van der Waals surface area (Å²) < 4.78 is 11.0. The van der Waals surface area contributed by atoms with Crippen molar-refractivity contribution in [3.63, 3.8) is 0 Å². The van der Waals surface area contributed by atoms with Gasteiger partial charge in [0.2, 0.25) is 17.7 Å². The van der Waals surface area contributed by atoms with Crippen LogP contribution in [0.5, 0.6) is 11.5 Å². The van der Waals surface area contributed by atoms with Crippen LogP contribution in [0, 0.1) is 17.8 Å². The Morgan fingerprint density at radius 2 is 1.73 bits per heavy atom. The summed E-state index contributed by atoms with van der Waals surface area (Å²) in [5, 5.41) is 0. The zero-order valence-corrected chi connectivity index (χ0v) is 19.5. The Labute approximate surface area is 194 Å². The van der Waals surface area contributed by atoms with E-state index < -0.39 is 11.8 Å². The molecule has 2 N–H and O–H groups in total. The van der Waals surface area contributed by atoms with E-state index in [0.717, 1.165) is 32.1 Å². The number of imide groups is 1. The van der Waals surface area contributed by atoms with Crippen LogP contribution < -0.4 is 20.3 Å². The van der Waals surface area contributed by atoms with Crippen LogP contribution in [0.1, 0.15) is 62.7 Å². The van der Waals surface area contributed by atoms with Gasteiger partial charge in [0.25, 0.3) is 5.91 Å². The normalized spacial score (nSPS) is 19.9. The second kappa shape index (κ2) is 11.2. The minimum atomic E-state index is -0.519. The van der Waals surface area contributed by atoms with Crippen molar-refractivity contribution in [1.82, 2.24) is 15.8 Å². The van der Waals surface area contributed by atoms with Crippen molar-refractivity contribution in [3.8, 4) is 11.5 Å². The second-order valence-corrected chi connectivity index (χ2v) is 8.97. The minimum absolute atomic E-state index is 0.0165. The number of rotatable bonds is 9. The first-order valence-corrected chi connectivity index (χ1v) is 11.6. The van der Waals surface area contributed by atoms with Crippen LogP contribution in [0.25, 0.3) is 0 Å². The van der Waals surface area contributed by atoms with E-state index in [-0.39, 0.29) is 42.2 Å². The number of likely N-dealkylation sites (tertiary alicyclic amines) is 1. The van der Waals surface area contributed by atoms with Gasteiger partial charge < -0.3 is 9.47 Å². The molecule has 1 aliphatic carbocycles. The third-order valence-electron chi connectivity index (χ3n) is 6.19. The lowest BCUT2D eigenvalue weighted by Crippen LogP contribution is -2.43. The second-order valence-electron chi connectivity index (χ2n) is 8.97. The highest BCUT2D eigenvalue weighted by Crippen LogP contribution is 2.38. The molecule has 1 aliphatic heterocycles. The van der Waals surface area contributed by atoms with E-state index >= 15 is 0 Å². The fourth-order valence-electron chi connectivity index (χ4n) is 4.26. The van der Waals surface area contributed by atoms with Crippen molar-refractivity contribution in [2.45, 2.75) is 52.4 Å². The van der Waals surface area contributed by atoms with E-state index in [2.05, 4.69) is 24.7 Å². The van der Waals surface area contributed by atoms with Gasteiger partial charge in [-0.1, -0.05) is 26.7 Å². The van der Waals surface area contributed by atoms with Crippen molar-refractivity contribution in [2.75, 3.05) is 20.3 Å². The molecule has 2 fully saturated rings. The van der Waals surface area contributed by atoms with Gasteiger partial charge in [-0.25, -0.2) is 0 Å². The van der Waals surface area contributed by atoms with Gasteiger partial charge in [-0.2, -0.15) is 0 Å². The summed E-state index contributed by atoms with van der Waals surface area (Å²) in [5.74, 6) is -0.356. The molecular weight excluding hydrogens is 426 g/mol. The molecule has 0 bridgehead atoms. The molecule has 0 aromatic heterocycles. The fourth-order valence-corrected chi connectivity index (χ4v) is 4.26. The molecule has 2 unspecified atom stereocenters. The molecule has 4 amide bonds. The molecule has 3 rings (SSSR count). The van der Waals surface area contributed by atoms with Crippen molar-refractivity contribution >= 4 is 23.6 Å². The van der Waals surface area contributed by atoms with E-state index in [1.165, 1.54) is 18.1 Å². The summed E-state index contributed by atoms with van der Waals surface area (Å²) >= 11 is 0. The Kier molecular flexibility index (Phi) is 8.30. The first kappa shape index (κ1) is 24.5. The Balaban J connectivity index is 1.47. The maximum atomic E-state index is 12.5. The van der Waals surface area contributed by atoms with Gasteiger partial charge in [0.05, 0.1) is 25.6 Å². The molecule has 9 nitrogen and oxygen atoms in total. The van der Waals surface area contributed by atoms with Crippen LogP contribution in [-0.2, 0) is 14.4 Å². The lowest BCUT2D eigenvalue weighted by molar-refractivity contribution is -0.140. The van der Waals surface area contributed by atoms with Crippen LogP contribution in [0.2, 0.25) is 0 Å². The zero-order valence-electron chi connectivity index (χ0n) is 19.5. The number of hydrogen-bond acceptors (Lipinski definition) is 6. The molecule has 1 saturated carbocycles. The van der Waals surface area contributed by atoms with E-state index in [1.54, 1.807) is 12.1 Å². The maximum Gasteiger partial charge on any atom is 0.269 e. The summed E-state index contributed by atoms with van der Waals surface area (Å²) in [4.78, 5) is 50.8. The quantitative estimate of drug-likeness (QED) is 0.433. The Morgan fingerprint density at radius 3 is 2.33 bits per heavy atom. The zero-order chi connectivity index (χ0) is 24.0. The molecule has 9 heteroatoms. The first-order chi connectivity index (χ1) is 15.8. The Hall–Kier alpha value is -3.10. The number of hydrazine groups is 1. The van der Waals surface area contributed by atoms with Gasteiger partial charge in [-0.05, 0) is 43.4 Å². The van der Waals surface area contributed by atoms with Gasteiger partial charge in [0, 0.05) is 18.5 Å². The average molecular weight is 460 g/mol. The molecule has 0 radical (unpaired) electrons. The Morgan fingerprint density at radius 1 is 1.06 bits per heavy atom. The van der Waals surface area contributed by atoms with Crippen LogP contribution in [0.4, 0.5) is 0 Å². The summed E-state index contributed by atoms with van der Waals surface area (Å²) in [6.07, 6.45) is 4.20. The van der Waals surface area contributed by atoms with Gasteiger partial charge in [0.15, 0.2) is 11.5 Å². The van der Waals surface area contributed by atoms with Gasteiger partial charge in [0.1, 0.15) is 0 Å². The third-order valence-corrected chi connectivity index (χ3v) is 6.19. The number of ether oxygens (including phenoxy) is 2. The molecule has 0 spiro atoms. The molecular formula is C24H33N3O6. The highest BCUT2D eigenvalue weighted by molar-refractivity contribution is 6.05. The molecule has 180 valence electrons. The van der Waals surface area contributed by atoms with Crippen LogP contribution in [0.3, 0.4) is 0 Å². The molecule has 2 atom stereocenters. The predicted octanol–water partition coefficient (Wildman–Crippen LogP) is 2.45. The van der Waals surface area contributed by atoms with Crippen molar-refractivity contribution in [2.24, 2.45) is 17.8 Å². The van der Waals surface area contributed by atoms with Crippen LogP contribution in [-0.4, -0.2) is 48.8 Å². The molecule has 1 heterocycles. The topological polar surface area (TPSA) is 114 Å². The van der Waals surface area contributed by atoms with Gasteiger partial charge in [-0.3, -0.25) is 34.9 Å². The first-order valence-electron chi connectivity index (χ1n) is 11.6. The highest BCUT2D eigenvalue weighted by atomic mass is 16.5. The summed E-state index contributed by atoms with van der Waals surface area (Å²) in [6, 6.07) is 4.77. The smallest absolute Gasteiger partial charge is 0.269 e. The van der Waals surface area contributed by atoms with E-state index in [9.17, 15) is 19.2 Å². The number of methoxy groups -OCH3 is 1. The summed E-state index contributed by atoms with van der Waals surface area (Å²) in [6.45, 7) is 4.77. The lowest BCUT2D eigenvalue weighted by atomic mass is 9.81. The number of fused-ring (bicyclic) bond motifs is 1. The predicted molar refractivity (Wildman–Crippen MR) is 120 cm³/mol. The third kappa shape index (κ3) is 6.03. The largest absolute Gasteiger partial charge is 0.493 e. The van der Waals surface area contributed by atoms with Gasteiger partial charge >= 0.3 is 0 Å². The standard InChI is InChI=1S/C24H33N3O6/c1-15(2)11-13-33-19-9-8-16(14-20(19)32-3)22(29)26-25-21(28)10-12-27-23(30)17-6-4-5-7-18(17)24(27)31/h8-9,14-15,17-18H,4-7,10-13H2,1-3H3,(H,25,28)(H,26,29). The van der Waals surface area contributed by atoms with Crippen molar-refractivity contribution < 1.29 is 28.7 Å². The van der Waals surface area contributed by atoms with E-state index in [0.29, 0.717) is 24.0 Å². The SMILES string of the molecule is COc1cc(C(=O)NNC(=O)CCN2C(=O)C3CCCCC3C2=O)ccc1OCCC(C)C. The van der Waals surface area contributed by atoms with Crippen LogP contribution in [0.15, 0.2) is 18.2 Å². The number of carbonyl (C=O) groups excluding carboxylic acids is 4. The molecule has 1 aromatic carbocycles. The van der Waals surface area contributed by atoms with Crippen molar-refractivity contribution in [3.05, 3.63) is 23.8 Å². The summed E-state index contributed by atoms with van der Waals surface area (Å²) in [7, 11) is 1.49. The number of hydrogen-bond donors (Lipinski definition) is 2. The number of nitrogens with zero attached hydrogens (tertiary/aromatic N) is 1. The van der Waals surface area contributed by atoms with E-state index in [4.69, 9.17) is 9.47 Å².